The van der Waals surface area contributed by atoms with Crippen LogP contribution in [0.25, 0.3) is 0 Å². The summed E-state index contributed by atoms with van der Waals surface area (Å²) < 4.78 is 0. The SMILES string of the molecule is Cc1ccc(Nc2cc(C(=O)O)cc(Cl)n2)cc1N(C)C. The highest BCUT2D eigenvalue weighted by molar-refractivity contribution is 6.29. The Bertz CT molecular complexity index is 687. The van der Waals surface area contributed by atoms with Gasteiger partial charge in [-0.15, -0.1) is 0 Å². The number of hydrogen-bond donors (Lipinski definition) is 2. The first-order chi connectivity index (χ1) is 9.86. The zero-order valence-corrected chi connectivity index (χ0v) is 12.8. The Morgan fingerprint density at radius 2 is 2.00 bits per heavy atom. The van der Waals surface area contributed by atoms with Gasteiger partial charge in [-0.3, -0.25) is 0 Å². The van der Waals surface area contributed by atoms with Crippen molar-refractivity contribution in [3.8, 4) is 0 Å². The molecule has 0 atom stereocenters. The molecule has 0 spiro atoms. The van der Waals surface area contributed by atoms with E-state index in [4.69, 9.17) is 16.7 Å². The van der Waals surface area contributed by atoms with E-state index in [1.165, 1.54) is 12.1 Å². The van der Waals surface area contributed by atoms with Crippen molar-refractivity contribution in [2.24, 2.45) is 0 Å². The van der Waals surface area contributed by atoms with Crippen LogP contribution in [0.3, 0.4) is 0 Å². The number of aryl methyl sites for hydroxylation is 1. The molecule has 0 aliphatic carbocycles. The maximum Gasteiger partial charge on any atom is 0.335 e. The number of nitrogens with one attached hydrogen (secondary N) is 1. The normalized spacial score (nSPS) is 10.3. The van der Waals surface area contributed by atoms with Gasteiger partial charge >= 0.3 is 5.97 Å². The molecule has 1 aromatic carbocycles. The minimum atomic E-state index is -1.04. The van der Waals surface area contributed by atoms with Crippen LogP contribution in [0.4, 0.5) is 17.2 Å². The van der Waals surface area contributed by atoms with Gasteiger partial charge in [0.15, 0.2) is 0 Å². The number of carboxylic acids is 1. The average Bonchev–Trinajstić information content (AvgIpc) is 2.40. The van der Waals surface area contributed by atoms with Gasteiger partial charge in [0.05, 0.1) is 5.56 Å². The molecule has 1 heterocycles. The largest absolute Gasteiger partial charge is 0.478 e. The fourth-order valence-corrected chi connectivity index (χ4v) is 2.21. The Morgan fingerprint density at radius 1 is 1.29 bits per heavy atom. The number of aromatic nitrogens is 1. The van der Waals surface area contributed by atoms with Crippen molar-refractivity contribution in [3.63, 3.8) is 0 Å². The van der Waals surface area contributed by atoms with E-state index in [1.807, 2.05) is 44.1 Å². The number of carbonyl (C=O) groups is 1. The number of aromatic carboxylic acids is 1. The predicted octanol–water partition coefficient (Wildman–Crippen LogP) is 3.55. The lowest BCUT2D eigenvalue weighted by molar-refractivity contribution is 0.0697. The first-order valence-electron chi connectivity index (χ1n) is 6.32. The van der Waals surface area contributed by atoms with Crippen LogP contribution >= 0.6 is 11.6 Å². The third-order valence-electron chi connectivity index (χ3n) is 3.00. The highest BCUT2D eigenvalue weighted by Gasteiger charge is 2.09. The van der Waals surface area contributed by atoms with Crippen molar-refractivity contribution in [3.05, 3.63) is 46.6 Å². The molecule has 0 saturated carbocycles. The third kappa shape index (κ3) is 3.64. The number of rotatable bonds is 4. The van der Waals surface area contributed by atoms with Crippen LogP contribution in [-0.4, -0.2) is 30.2 Å². The average molecular weight is 306 g/mol. The summed E-state index contributed by atoms with van der Waals surface area (Å²) in [6.45, 7) is 2.03. The van der Waals surface area contributed by atoms with Crippen LogP contribution in [0.1, 0.15) is 15.9 Å². The second kappa shape index (κ2) is 6.01. The molecule has 0 aliphatic rings. The summed E-state index contributed by atoms with van der Waals surface area (Å²) in [5.41, 5.74) is 3.13. The monoisotopic (exact) mass is 305 g/mol. The van der Waals surface area contributed by atoms with Gasteiger partial charge in [-0.1, -0.05) is 17.7 Å². The molecule has 0 aliphatic heterocycles. The minimum Gasteiger partial charge on any atom is -0.478 e. The Balaban J connectivity index is 2.34. The molecule has 2 rings (SSSR count). The number of hydrogen-bond acceptors (Lipinski definition) is 4. The van der Waals surface area contributed by atoms with Crippen LogP contribution < -0.4 is 10.2 Å². The molecular formula is C15H16ClN3O2. The van der Waals surface area contributed by atoms with Crippen LogP contribution in [-0.2, 0) is 0 Å². The molecule has 5 nitrogen and oxygen atoms in total. The standard InChI is InChI=1S/C15H16ClN3O2/c1-9-4-5-11(8-12(9)19(2)3)17-14-7-10(15(20)21)6-13(16)18-14/h4-8H,1-3H3,(H,17,18)(H,20,21). The van der Waals surface area contributed by atoms with E-state index >= 15 is 0 Å². The number of nitrogens with zero attached hydrogens (tertiary/aromatic N) is 2. The molecule has 0 saturated heterocycles. The van der Waals surface area contributed by atoms with Crippen LogP contribution in [0, 0.1) is 6.92 Å². The van der Waals surface area contributed by atoms with E-state index in [9.17, 15) is 4.79 Å². The molecule has 2 aromatic rings. The first-order valence-corrected chi connectivity index (χ1v) is 6.70. The lowest BCUT2D eigenvalue weighted by Crippen LogP contribution is -2.10. The summed E-state index contributed by atoms with van der Waals surface area (Å²) in [5, 5.41) is 12.2. The lowest BCUT2D eigenvalue weighted by atomic mass is 10.1. The highest BCUT2D eigenvalue weighted by Crippen LogP contribution is 2.25. The van der Waals surface area contributed by atoms with E-state index in [0.717, 1.165) is 16.9 Å². The Morgan fingerprint density at radius 3 is 2.62 bits per heavy atom. The zero-order valence-electron chi connectivity index (χ0n) is 12.0. The summed E-state index contributed by atoms with van der Waals surface area (Å²) >= 11 is 5.84. The van der Waals surface area contributed by atoms with Crippen molar-refractivity contribution in [2.45, 2.75) is 6.92 Å². The minimum absolute atomic E-state index is 0.0949. The lowest BCUT2D eigenvalue weighted by Gasteiger charge is -2.17. The quantitative estimate of drug-likeness (QED) is 0.846. The molecule has 0 bridgehead atoms. The summed E-state index contributed by atoms with van der Waals surface area (Å²) in [5.74, 6) is -0.645. The molecule has 0 amide bonds. The van der Waals surface area contributed by atoms with Crippen LogP contribution in [0.2, 0.25) is 5.15 Å². The van der Waals surface area contributed by atoms with E-state index < -0.39 is 5.97 Å². The number of carboxylic acid groups (broad SMARTS) is 1. The van der Waals surface area contributed by atoms with Crippen LogP contribution in [0.5, 0.6) is 0 Å². The van der Waals surface area contributed by atoms with Gasteiger partial charge in [0.1, 0.15) is 11.0 Å². The smallest absolute Gasteiger partial charge is 0.335 e. The summed E-state index contributed by atoms with van der Waals surface area (Å²) in [6.07, 6.45) is 0. The molecule has 0 radical (unpaired) electrons. The van der Waals surface area contributed by atoms with Gasteiger partial charge in [0, 0.05) is 25.5 Å². The Hall–Kier alpha value is -2.27. The Labute approximate surface area is 128 Å². The number of halogens is 1. The van der Waals surface area contributed by atoms with Crippen molar-refractivity contribution in [2.75, 3.05) is 24.3 Å². The van der Waals surface area contributed by atoms with Crippen LogP contribution in [0.15, 0.2) is 30.3 Å². The molecular weight excluding hydrogens is 290 g/mol. The maximum absolute atomic E-state index is 11.0. The molecule has 1 aromatic heterocycles. The second-order valence-electron chi connectivity index (χ2n) is 4.89. The van der Waals surface area contributed by atoms with Gasteiger partial charge in [-0.25, -0.2) is 9.78 Å². The van der Waals surface area contributed by atoms with E-state index in [2.05, 4.69) is 10.3 Å². The molecule has 2 N–H and O–H groups in total. The van der Waals surface area contributed by atoms with Gasteiger partial charge in [0.2, 0.25) is 0 Å². The Kier molecular flexibility index (Phi) is 4.33. The van der Waals surface area contributed by atoms with Crippen molar-refractivity contribution < 1.29 is 9.90 Å². The van der Waals surface area contributed by atoms with Crippen molar-refractivity contribution in [1.82, 2.24) is 4.98 Å². The number of anilines is 3. The summed E-state index contributed by atoms with van der Waals surface area (Å²) in [6, 6.07) is 8.63. The molecule has 6 heteroatoms. The predicted molar refractivity (Wildman–Crippen MR) is 85.0 cm³/mol. The maximum atomic E-state index is 11.0. The zero-order chi connectivity index (χ0) is 15.6. The van der Waals surface area contributed by atoms with Gasteiger partial charge < -0.3 is 15.3 Å². The summed E-state index contributed by atoms with van der Waals surface area (Å²) in [4.78, 5) is 17.1. The van der Waals surface area contributed by atoms with Crippen molar-refractivity contribution in [1.29, 1.82) is 0 Å². The fraction of sp³-hybridized carbons (Fsp3) is 0.200. The van der Waals surface area contributed by atoms with Gasteiger partial charge in [0.25, 0.3) is 0 Å². The molecule has 0 unspecified atom stereocenters. The van der Waals surface area contributed by atoms with Gasteiger partial charge in [-0.2, -0.15) is 0 Å². The molecule has 21 heavy (non-hydrogen) atoms. The fourth-order valence-electron chi connectivity index (χ4n) is 2.00. The first kappa shape index (κ1) is 15.1. The number of pyridine rings is 1. The summed E-state index contributed by atoms with van der Waals surface area (Å²) in [7, 11) is 3.93. The second-order valence-corrected chi connectivity index (χ2v) is 5.28. The molecule has 110 valence electrons. The topological polar surface area (TPSA) is 65.5 Å². The third-order valence-corrected chi connectivity index (χ3v) is 3.20. The van der Waals surface area contributed by atoms with Crippen molar-refractivity contribution >= 4 is 34.8 Å². The highest BCUT2D eigenvalue weighted by atomic mass is 35.5. The van der Waals surface area contributed by atoms with Gasteiger partial charge in [-0.05, 0) is 36.8 Å². The van der Waals surface area contributed by atoms with E-state index in [-0.39, 0.29) is 10.7 Å². The van der Waals surface area contributed by atoms with E-state index in [1.54, 1.807) is 0 Å². The number of benzene rings is 1. The molecule has 0 fully saturated rings. The van der Waals surface area contributed by atoms with E-state index in [0.29, 0.717) is 5.82 Å².